The van der Waals surface area contributed by atoms with Crippen LogP contribution >= 0.6 is 12.2 Å². The molecule has 0 aromatic heterocycles. The average Bonchev–Trinajstić information content (AvgIpc) is 2.61. The first-order valence-electron chi connectivity index (χ1n) is 8.03. The Kier molecular flexibility index (Phi) is 6.71. The molecule has 0 saturated carbocycles. The van der Waals surface area contributed by atoms with Crippen LogP contribution in [0.15, 0.2) is 42.5 Å². The van der Waals surface area contributed by atoms with E-state index in [1.807, 2.05) is 12.1 Å². The molecule has 2 aromatic rings. The molecule has 0 atom stereocenters. The SMILES string of the molecule is CCCCc1ccc(NC(=S)Nc2ccc([N+](=O)[O-])cc2OC)cc1. The molecule has 6 nitrogen and oxygen atoms in total. The predicted octanol–water partition coefficient (Wildman–Crippen LogP) is 4.75. The highest BCUT2D eigenvalue weighted by atomic mass is 32.1. The lowest BCUT2D eigenvalue weighted by atomic mass is 10.1. The van der Waals surface area contributed by atoms with Crippen molar-refractivity contribution < 1.29 is 9.66 Å². The van der Waals surface area contributed by atoms with Crippen molar-refractivity contribution in [2.45, 2.75) is 26.2 Å². The predicted molar refractivity (Wildman–Crippen MR) is 105 cm³/mol. The van der Waals surface area contributed by atoms with E-state index >= 15 is 0 Å². The maximum atomic E-state index is 10.8. The maximum absolute atomic E-state index is 10.8. The van der Waals surface area contributed by atoms with E-state index in [1.165, 1.54) is 37.6 Å². The van der Waals surface area contributed by atoms with Crippen LogP contribution in [0.5, 0.6) is 5.75 Å². The summed E-state index contributed by atoms with van der Waals surface area (Å²) in [5.74, 6) is 0.355. The summed E-state index contributed by atoms with van der Waals surface area (Å²) in [5, 5.41) is 17.3. The number of hydrogen-bond acceptors (Lipinski definition) is 4. The molecule has 132 valence electrons. The molecule has 0 heterocycles. The molecule has 0 aliphatic rings. The van der Waals surface area contributed by atoms with Crippen molar-refractivity contribution in [2.75, 3.05) is 17.7 Å². The summed E-state index contributed by atoms with van der Waals surface area (Å²) < 4.78 is 5.19. The highest BCUT2D eigenvalue weighted by Gasteiger charge is 2.12. The van der Waals surface area contributed by atoms with Gasteiger partial charge in [-0.25, -0.2) is 0 Å². The minimum absolute atomic E-state index is 0.0380. The average molecular weight is 359 g/mol. The third-order valence-electron chi connectivity index (χ3n) is 3.67. The van der Waals surface area contributed by atoms with Crippen molar-refractivity contribution in [3.63, 3.8) is 0 Å². The molecular weight excluding hydrogens is 338 g/mol. The van der Waals surface area contributed by atoms with Gasteiger partial charge >= 0.3 is 0 Å². The molecule has 0 aliphatic carbocycles. The van der Waals surface area contributed by atoms with Gasteiger partial charge in [-0.15, -0.1) is 0 Å². The Balaban J connectivity index is 2.01. The van der Waals surface area contributed by atoms with Crippen LogP contribution in [0.25, 0.3) is 0 Å². The van der Waals surface area contributed by atoms with Crippen LogP contribution in [0.4, 0.5) is 17.1 Å². The molecule has 7 heteroatoms. The number of non-ortho nitro benzene ring substituents is 1. The second-order valence-electron chi connectivity index (χ2n) is 5.52. The largest absolute Gasteiger partial charge is 0.494 e. The normalized spacial score (nSPS) is 10.2. The number of ether oxygens (including phenoxy) is 1. The number of nitro benzene ring substituents is 1. The Morgan fingerprint density at radius 1 is 1.20 bits per heavy atom. The van der Waals surface area contributed by atoms with E-state index < -0.39 is 4.92 Å². The van der Waals surface area contributed by atoms with Crippen LogP contribution in [-0.4, -0.2) is 17.1 Å². The van der Waals surface area contributed by atoms with Crippen LogP contribution in [0.2, 0.25) is 0 Å². The summed E-state index contributed by atoms with van der Waals surface area (Å²) in [6.45, 7) is 2.17. The maximum Gasteiger partial charge on any atom is 0.273 e. The zero-order valence-corrected chi connectivity index (χ0v) is 15.1. The fourth-order valence-corrected chi connectivity index (χ4v) is 2.54. The van der Waals surface area contributed by atoms with Crippen molar-refractivity contribution in [3.8, 4) is 5.75 Å². The summed E-state index contributed by atoms with van der Waals surface area (Å²) in [6, 6.07) is 12.4. The third kappa shape index (κ3) is 5.42. The summed E-state index contributed by atoms with van der Waals surface area (Å²) in [7, 11) is 1.45. The first-order valence-corrected chi connectivity index (χ1v) is 8.43. The summed E-state index contributed by atoms with van der Waals surface area (Å²) in [5.41, 5.74) is 2.69. The van der Waals surface area contributed by atoms with Crippen LogP contribution in [-0.2, 0) is 6.42 Å². The lowest BCUT2D eigenvalue weighted by molar-refractivity contribution is -0.384. The van der Waals surface area contributed by atoms with Gasteiger partial charge in [0.2, 0.25) is 0 Å². The van der Waals surface area contributed by atoms with E-state index in [-0.39, 0.29) is 5.69 Å². The number of nitrogens with zero attached hydrogens (tertiary/aromatic N) is 1. The molecule has 25 heavy (non-hydrogen) atoms. The minimum atomic E-state index is -0.469. The van der Waals surface area contributed by atoms with E-state index in [4.69, 9.17) is 17.0 Å². The molecule has 2 aromatic carbocycles. The molecule has 0 saturated heterocycles. The first kappa shape index (κ1) is 18.7. The number of thiocarbonyl (C=S) groups is 1. The Bertz CT molecular complexity index is 748. The molecule has 2 N–H and O–H groups in total. The number of benzene rings is 2. The number of hydrogen-bond donors (Lipinski definition) is 2. The van der Waals surface area contributed by atoms with Gasteiger partial charge in [0.25, 0.3) is 5.69 Å². The Morgan fingerprint density at radius 2 is 1.92 bits per heavy atom. The van der Waals surface area contributed by atoms with E-state index in [2.05, 4.69) is 29.7 Å². The molecule has 0 spiro atoms. The van der Waals surface area contributed by atoms with Crippen LogP contribution in [0.3, 0.4) is 0 Å². The smallest absolute Gasteiger partial charge is 0.273 e. The van der Waals surface area contributed by atoms with Gasteiger partial charge in [-0.2, -0.15) is 0 Å². The van der Waals surface area contributed by atoms with Crippen molar-refractivity contribution in [2.24, 2.45) is 0 Å². The fourth-order valence-electron chi connectivity index (χ4n) is 2.32. The second-order valence-corrected chi connectivity index (χ2v) is 5.93. The van der Waals surface area contributed by atoms with Gasteiger partial charge in [-0.1, -0.05) is 25.5 Å². The van der Waals surface area contributed by atoms with Gasteiger partial charge in [-0.3, -0.25) is 10.1 Å². The van der Waals surface area contributed by atoms with Gasteiger partial charge in [0, 0.05) is 11.8 Å². The molecule has 0 radical (unpaired) electrons. The summed E-state index contributed by atoms with van der Waals surface area (Å²) in [4.78, 5) is 10.4. The van der Waals surface area contributed by atoms with Gasteiger partial charge in [0.1, 0.15) is 5.75 Å². The van der Waals surface area contributed by atoms with E-state index in [9.17, 15) is 10.1 Å². The number of aryl methyl sites for hydroxylation is 1. The zero-order valence-electron chi connectivity index (χ0n) is 14.2. The molecule has 2 rings (SSSR count). The number of nitrogens with one attached hydrogen (secondary N) is 2. The highest BCUT2D eigenvalue weighted by Crippen LogP contribution is 2.29. The number of methoxy groups -OCH3 is 1. The van der Waals surface area contributed by atoms with E-state index in [0.717, 1.165) is 12.1 Å². The second kappa shape index (κ2) is 8.98. The van der Waals surface area contributed by atoms with E-state index in [1.54, 1.807) is 6.07 Å². The molecule has 0 amide bonds. The van der Waals surface area contributed by atoms with Gasteiger partial charge in [-0.05, 0) is 48.8 Å². The van der Waals surface area contributed by atoms with Crippen LogP contribution in [0.1, 0.15) is 25.3 Å². The van der Waals surface area contributed by atoms with Crippen molar-refractivity contribution in [1.82, 2.24) is 0 Å². The Labute approximate surface area is 152 Å². The Morgan fingerprint density at radius 3 is 2.52 bits per heavy atom. The standard InChI is InChI=1S/C18H21N3O3S/c1-3-4-5-13-6-8-14(9-7-13)19-18(25)20-16-11-10-15(21(22)23)12-17(16)24-2/h6-12H,3-5H2,1-2H3,(H2,19,20,25). The van der Waals surface area contributed by atoms with Crippen LogP contribution in [0, 0.1) is 10.1 Å². The van der Waals surface area contributed by atoms with Crippen molar-refractivity contribution >= 4 is 34.4 Å². The molecule has 0 bridgehead atoms. The molecule has 0 unspecified atom stereocenters. The fraction of sp³-hybridized carbons (Fsp3) is 0.278. The number of anilines is 2. The zero-order chi connectivity index (χ0) is 18.2. The lowest BCUT2D eigenvalue weighted by Crippen LogP contribution is -2.19. The third-order valence-corrected chi connectivity index (χ3v) is 3.88. The number of rotatable bonds is 7. The van der Waals surface area contributed by atoms with Gasteiger partial charge in [0.05, 0.1) is 23.8 Å². The summed E-state index contributed by atoms with van der Waals surface area (Å²) >= 11 is 5.30. The first-order chi connectivity index (χ1) is 12.0. The molecule has 0 fully saturated rings. The number of nitro groups is 1. The van der Waals surface area contributed by atoms with Crippen molar-refractivity contribution in [1.29, 1.82) is 0 Å². The molecule has 0 aliphatic heterocycles. The highest BCUT2D eigenvalue weighted by molar-refractivity contribution is 7.80. The molecular formula is C18H21N3O3S. The monoisotopic (exact) mass is 359 g/mol. The minimum Gasteiger partial charge on any atom is -0.494 e. The quantitative estimate of drug-likeness (QED) is 0.422. The topological polar surface area (TPSA) is 76.4 Å². The van der Waals surface area contributed by atoms with Crippen molar-refractivity contribution in [3.05, 3.63) is 58.1 Å². The lowest BCUT2D eigenvalue weighted by Gasteiger charge is -2.13. The van der Waals surface area contributed by atoms with Gasteiger partial charge < -0.3 is 15.4 Å². The summed E-state index contributed by atoms with van der Waals surface area (Å²) in [6.07, 6.45) is 3.41. The van der Waals surface area contributed by atoms with Crippen LogP contribution < -0.4 is 15.4 Å². The number of unbranched alkanes of at least 4 members (excludes halogenated alkanes) is 1. The Hall–Kier alpha value is -2.67. The van der Waals surface area contributed by atoms with Gasteiger partial charge in [0.15, 0.2) is 5.11 Å². The van der Waals surface area contributed by atoms with E-state index in [0.29, 0.717) is 16.5 Å².